The van der Waals surface area contributed by atoms with Crippen molar-refractivity contribution >= 4 is 5.97 Å². The van der Waals surface area contributed by atoms with Gasteiger partial charge in [-0.25, -0.2) is 0 Å². The highest BCUT2D eigenvalue weighted by atomic mass is 16.6. The topological polar surface area (TPSA) is 56.8 Å². The van der Waals surface area contributed by atoms with Crippen LogP contribution >= 0.6 is 0 Å². The summed E-state index contributed by atoms with van der Waals surface area (Å²) in [6.45, 7) is 6.76. The first-order valence-electron chi connectivity index (χ1n) is 5.33. The van der Waals surface area contributed by atoms with Gasteiger partial charge in [-0.2, -0.15) is 0 Å². The van der Waals surface area contributed by atoms with Crippen molar-refractivity contribution in [2.24, 2.45) is 0 Å². The molecule has 5 heteroatoms. The lowest BCUT2D eigenvalue weighted by Crippen LogP contribution is -2.37. The second-order valence-corrected chi connectivity index (χ2v) is 4.53. The predicted molar refractivity (Wildman–Crippen MR) is 61.4 cm³/mol. The Hall–Kier alpha value is -0.650. The van der Waals surface area contributed by atoms with Crippen LogP contribution in [0.1, 0.15) is 20.8 Å². The highest BCUT2D eigenvalue weighted by molar-refractivity contribution is 5.72. The van der Waals surface area contributed by atoms with E-state index in [-0.39, 0.29) is 18.6 Å². The third-order valence-corrected chi connectivity index (χ3v) is 1.75. The number of methoxy groups -OCH3 is 2. The summed E-state index contributed by atoms with van der Waals surface area (Å²) in [6, 6.07) is 0. The molecule has 1 N–H and O–H groups in total. The lowest BCUT2D eigenvalue weighted by molar-refractivity contribution is -0.153. The van der Waals surface area contributed by atoms with Gasteiger partial charge in [0.15, 0.2) is 0 Å². The van der Waals surface area contributed by atoms with Crippen LogP contribution < -0.4 is 5.32 Å². The van der Waals surface area contributed by atoms with Crippen LogP contribution in [0.2, 0.25) is 0 Å². The van der Waals surface area contributed by atoms with Gasteiger partial charge in [0.1, 0.15) is 5.60 Å². The van der Waals surface area contributed by atoms with E-state index in [9.17, 15) is 4.79 Å². The van der Waals surface area contributed by atoms with E-state index in [0.717, 1.165) is 0 Å². The molecular weight excluding hydrogens is 210 g/mol. The van der Waals surface area contributed by atoms with Gasteiger partial charge in [0.25, 0.3) is 0 Å². The number of carbonyl (C=O) groups is 1. The summed E-state index contributed by atoms with van der Waals surface area (Å²) in [5.41, 5.74) is -0.439. The van der Waals surface area contributed by atoms with Gasteiger partial charge in [0.05, 0.1) is 19.3 Å². The number of nitrogens with one attached hydrogen (secondary N) is 1. The predicted octanol–water partition coefficient (Wildman–Crippen LogP) is 0.579. The summed E-state index contributed by atoms with van der Waals surface area (Å²) < 4.78 is 15.2. The summed E-state index contributed by atoms with van der Waals surface area (Å²) in [7, 11) is 3.22. The Balaban J connectivity index is 3.68. The van der Waals surface area contributed by atoms with Crippen LogP contribution in [0.5, 0.6) is 0 Å². The van der Waals surface area contributed by atoms with E-state index in [2.05, 4.69) is 5.32 Å². The van der Waals surface area contributed by atoms with Gasteiger partial charge in [0, 0.05) is 20.8 Å². The molecule has 0 saturated carbocycles. The molecule has 1 atom stereocenters. The normalized spacial score (nSPS) is 13.6. The van der Waals surface area contributed by atoms with Crippen molar-refractivity contribution in [2.75, 3.05) is 33.9 Å². The number of ether oxygens (including phenoxy) is 3. The molecule has 0 rings (SSSR count). The average Bonchev–Trinajstić information content (AvgIpc) is 2.13. The summed E-state index contributed by atoms with van der Waals surface area (Å²) in [6.07, 6.45) is -0.0487. The number of hydrogen-bond donors (Lipinski definition) is 1. The fourth-order valence-electron chi connectivity index (χ4n) is 1.11. The Kier molecular flexibility index (Phi) is 7.29. The molecule has 0 radical (unpaired) electrons. The van der Waals surface area contributed by atoms with Crippen molar-refractivity contribution in [2.45, 2.75) is 32.5 Å². The minimum absolute atomic E-state index is 0.0487. The van der Waals surface area contributed by atoms with Gasteiger partial charge in [0.2, 0.25) is 0 Å². The van der Waals surface area contributed by atoms with E-state index < -0.39 is 5.60 Å². The van der Waals surface area contributed by atoms with Gasteiger partial charge in [-0.1, -0.05) is 0 Å². The van der Waals surface area contributed by atoms with Crippen molar-refractivity contribution in [3.05, 3.63) is 0 Å². The molecule has 5 nitrogen and oxygen atoms in total. The van der Waals surface area contributed by atoms with E-state index in [4.69, 9.17) is 14.2 Å². The number of carbonyl (C=O) groups excluding carboxylic acids is 1. The molecule has 16 heavy (non-hydrogen) atoms. The highest BCUT2D eigenvalue weighted by Crippen LogP contribution is 2.06. The van der Waals surface area contributed by atoms with Crippen molar-refractivity contribution in [1.82, 2.24) is 5.32 Å². The quantitative estimate of drug-likeness (QED) is 0.652. The van der Waals surface area contributed by atoms with Crippen LogP contribution in [-0.4, -0.2) is 51.6 Å². The molecule has 0 saturated heterocycles. The third-order valence-electron chi connectivity index (χ3n) is 1.75. The largest absolute Gasteiger partial charge is 0.459 e. The van der Waals surface area contributed by atoms with Crippen molar-refractivity contribution in [3.8, 4) is 0 Å². The molecule has 0 aromatic carbocycles. The maximum Gasteiger partial charge on any atom is 0.320 e. The second kappa shape index (κ2) is 7.60. The lowest BCUT2D eigenvalue weighted by atomic mass is 10.2. The third kappa shape index (κ3) is 8.64. The van der Waals surface area contributed by atoms with Gasteiger partial charge in [-0.3, -0.25) is 4.79 Å². The Morgan fingerprint density at radius 3 is 2.38 bits per heavy atom. The van der Waals surface area contributed by atoms with Crippen LogP contribution in [0.15, 0.2) is 0 Å². The van der Waals surface area contributed by atoms with Crippen LogP contribution in [0, 0.1) is 0 Å². The van der Waals surface area contributed by atoms with Crippen molar-refractivity contribution in [3.63, 3.8) is 0 Å². The van der Waals surface area contributed by atoms with E-state index in [1.807, 2.05) is 20.8 Å². The summed E-state index contributed by atoms with van der Waals surface area (Å²) in [5, 5.41) is 2.96. The van der Waals surface area contributed by atoms with Crippen LogP contribution in [0.25, 0.3) is 0 Å². The lowest BCUT2D eigenvalue weighted by Gasteiger charge is -2.20. The maximum absolute atomic E-state index is 11.3. The minimum atomic E-state index is -0.439. The molecule has 0 bridgehead atoms. The molecule has 0 aliphatic heterocycles. The van der Waals surface area contributed by atoms with Crippen LogP contribution in [0.4, 0.5) is 0 Å². The molecule has 0 aliphatic carbocycles. The smallest absolute Gasteiger partial charge is 0.320 e. The monoisotopic (exact) mass is 233 g/mol. The molecule has 0 amide bonds. The van der Waals surface area contributed by atoms with Crippen LogP contribution in [-0.2, 0) is 19.0 Å². The standard InChI is InChI=1S/C11H23NO4/c1-11(2,3)16-10(13)7-12-6-9(15-5)8-14-4/h9,12H,6-8H2,1-5H3. The molecule has 0 aromatic heterocycles. The van der Waals surface area contributed by atoms with Gasteiger partial charge < -0.3 is 19.5 Å². The highest BCUT2D eigenvalue weighted by Gasteiger charge is 2.16. The van der Waals surface area contributed by atoms with Crippen molar-refractivity contribution < 1.29 is 19.0 Å². The Labute approximate surface area is 97.4 Å². The fourth-order valence-corrected chi connectivity index (χ4v) is 1.11. The van der Waals surface area contributed by atoms with Crippen molar-refractivity contribution in [1.29, 1.82) is 0 Å². The first-order chi connectivity index (χ1) is 7.39. The van der Waals surface area contributed by atoms with E-state index in [1.54, 1.807) is 14.2 Å². The molecular formula is C11H23NO4. The van der Waals surface area contributed by atoms with E-state index >= 15 is 0 Å². The molecule has 0 fully saturated rings. The molecule has 0 aliphatic rings. The van der Waals surface area contributed by atoms with E-state index in [1.165, 1.54) is 0 Å². The molecule has 1 unspecified atom stereocenters. The van der Waals surface area contributed by atoms with Gasteiger partial charge >= 0.3 is 5.97 Å². The van der Waals surface area contributed by atoms with Gasteiger partial charge in [-0.05, 0) is 20.8 Å². The van der Waals surface area contributed by atoms with E-state index in [0.29, 0.717) is 13.2 Å². The zero-order valence-electron chi connectivity index (χ0n) is 10.8. The summed E-state index contributed by atoms with van der Waals surface area (Å²) in [4.78, 5) is 11.3. The average molecular weight is 233 g/mol. The fraction of sp³-hybridized carbons (Fsp3) is 0.909. The minimum Gasteiger partial charge on any atom is -0.459 e. The maximum atomic E-state index is 11.3. The summed E-state index contributed by atoms with van der Waals surface area (Å²) in [5.74, 6) is -0.264. The Morgan fingerprint density at radius 1 is 1.31 bits per heavy atom. The molecule has 0 heterocycles. The zero-order chi connectivity index (χ0) is 12.6. The SMILES string of the molecule is COCC(CNCC(=O)OC(C)(C)C)OC. The number of esters is 1. The second-order valence-electron chi connectivity index (χ2n) is 4.53. The first-order valence-corrected chi connectivity index (χ1v) is 5.33. The summed E-state index contributed by atoms with van der Waals surface area (Å²) >= 11 is 0. The zero-order valence-corrected chi connectivity index (χ0v) is 10.8. The Bertz CT molecular complexity index is 201. The molecule has 0 aromatic rings. The van der Waals surface area contributed by atoms with Crippen LogP contribution in [0.3, 0.4) is 0 Å². The van der Waals surface area contributed by atoms with Gasteiger partial charge in [-0.15, -0.1) is 0 Å². The molecule has 0 spiro atoms. The Morgan fingerprint density at radius 2 is 1.94 bits per heavy atom. The number of hydrogen-bond acceptors (Lipinski definition) is 5. The number of rotatable bonds is 7. The molecule has 96 valence electrons. The first kappa shape index (κ1) is 15.3.